The Balaban J connectivity index is 2.10. The van der Waals surface area contributed by atoms with Crippen LogP contribution in [0.15, 0.2) is 0 Å². The zero-order chi connectivity index (χ0) is 6.27. The third kappa shape index (κ3) is 0.787. The summed E-state index contributed by atoms with van der Waals surface area (Å²) in [6.07, 6.45) is 7.12. The first kappa shape index (κ1) is 5.72. The highest BCUT2D eigenvalue weighted by atomic mass is 14.7. The summed E-state index contributed by atoms with van der Waals surface area (Å²) >= 11 is 0. The van der Waals surface area contributed by atoms with Crippen LogP contribution in [0.3, 0.4) is 0 Å². The topological polar surface area (TPSA) is 26.0 Å². The Morgan fingerprint density at radius 2 is 1.44 bits per heavy atom. The standard InChI is InChI=1S/C8H15N/c9-8-6-2-1-3-7(8)5-4-6/h6-8H,1-5,9H2. The Hall–Kier alpha value is -0.0400. The van der Waals surface area contributed by atoms with Crippen LogP contribution in [0.1, 0.15) is 32.1 Å². The average Bonchev–Trinajstić information content (AvgIpc) is 2.19. The quantitative estimate of drug-likeness (QED) is 0.522. The van der Waals surface area contributed by atoms with E-state index in [0.717, 1.165) is 11.8 Å². The van der Waals surface area contributed by atoms with E-state index in [1.807, 2.05) is 0 Å². The van der Waals surface area contributed by atoms with Crippen molar-refractivity contribution in [3.8, 4) is 0 Å². The molecule has 1 nitrogen and oxygen atoms in total. The van der Waals surface area contributed by atoms with Crippen molar-refractivity contribution in [3.63, 3.8) is 0 Å². The van der Waals surface area contributed by atoms with Crippen LogP contribution in [0.25, 0.3) is 0 Å². The van der Waals surface area contributed by atoms with Gasteiger partial charge in [-0.1, -0.05) is 6.42 Å². The molecule has 2 bridgehead atoms. The molecule has 0 heterocycles. The minimum absolute atomic E-state index is 0.582. The van der Waals surface area contributed by atoms with E-state index in [4.69, 9.17) is 5.73 Å². The minimum atomic E-state index is 0.582. The van der Waals surface area contributed by atoms with Gasteiger partial charge in [-0.05, 0) is 37.5 Å². The van der Waals surface area contributed by atoms with Crippen LogP contribution >= 0.6 is 0 Å². The molecule has 2 N–H and O–H groups in total. The van der Waals surface area contributed by atoms with Gasteiger partial charge in [0.2, 0.25) is 0 Å². The van der Waals surface area contributed by atoms with Crippen LogP contribution in [-0.2, 0) is 0 Å². The molecule has 0 radical (unpaired) electrons. The molecule has 2 fully saturated rings. The van der Waals surface area contributed by atoms with Crippen molar-refractivity contribution in [1.29, 1.82) is 0 Å². The van der Waals surface area contributed by atoms with Gasteiger partial charge in [-0.25, -0.2) is 0 Å². The number of hydrogen-bond acceptors (Lipinski definition) is 1. The van der Waals surface area contributed by atoms with Gasteiger partial charge in [0.15, 0.2) is 0 Å². The molecule has 0 spiro atoms. The second-order valence-corrected chi connectivity index (χ2v) is 3.61. The molecular formula is C8H15N. The van der Waals surface area contributed by atoms with Crippen molar-refractivity contribution in [1.82, 2.24) is 0 Å². The Bertz CT molecular complexity index is 95.1. The number of nitrogens with two attached hydrogens (primary N) is 1. The fourth-order valence-corrected chi connectivity index (χ4v) is 2.51. The van der Waals surface area contributed by atoms with Crippen LogP contribution in [0.4, 0.5) is 0 Å². The molecule has 2 atom stereocenters. The summed E-state index contributed by atoms with van der Waals surface area (Å²) in [5.74, 6) is 1.81. The highest BCUT2D eigenvalue weighted by Gasteiger charge is 2.35. The summed E-state index contributed by atoms with van der Waals surface area (Å²) in [6.45, 7) is 0. The van der Waals surface area contributed by atoms with E-state index in [2.05, 4.69) is 0 Å². The van der Waals surface area contributed by atoms with Crippen molar-refractivity contribution >= 4 is 0 Å². The second kappa shape index (κ2) is 1.98. The highest BCUT2D eigenvalue weighted by molar-refractivity contribution is 4.91. The summed E-state index contributed by atoms with van der Waals surface area (Å²) in [5.41, 5.74) is 5.98. The summed E-state index contributed by atoms with van der Waals surface area (Å²) in [6, 6.07) is 0.582. The average molecular weight is 125 g/mol. The van der Waals surface area contributed by atoms with Gasteiger partial charge < -0.3 is 5.73 Å². The lowest BCUT2D eigenvalue weighted by Gasteiger charge is -2.25. The molecule has 9 heavy (non-hydrogen) atoms. The zero-order valence-electron chi connectivity index (χ0n) is 5.84. The Labute approximate surface area is 56.6 Å². The first-order valence-corrected chi connectivity index (χ1v) is 4.13. The zero-order valence-corrected chi connectivity index (χ0v) is 5.84. The van der Waals surface area contributed by atoms with E-state index >= 15 is 0 Å². The van der Waals surface area contributed by atoms with Crippen molar-refractivity contribution < 1.29 is 0 Å². The molecule has 2 rings (SSSR count). The van der Waals surface area contributed by atoms with Gasteiger partial charge >= 0.3 is 0 Å². The summed E-state index contributed by atoms with van der Waals surface area (Å²) in [7, 11) is 0. The maximum atomic E-state index is 5.98. The Kier molecular flexibility index (Phi) is 1.26. The molecule has 2 saturated carbocycles. The molecule has 2 aliphatic rings. The van der Waals surface area contributed by atoms with Gasteiger partial charge in [0.25, 0.3) is 0 Å². The first-order chi connectivity index (χ1) is 4.38. The first-order valence-electron chi connectivity index (χ1n) is 4.13. The molecule has 0 aromatic carbocycles. The summed E-state index contributed by atoms with van der Waals surface area (Å²) < 4.78 is 0. The SMILES string of the molecule is NC1C2CCCC1CC2. The normalized spacial score (nSPS) is 49.7. The molecule has 2 unspecified atom stereocenters. The van der Waals surface area contributed by atoms with Crippen LogP contribution in [-0.4, -0.2) is 6.04 Å². The lowest BCUT2D eigenvalue weighted by atomic mass is 9.85. The summed E-state index contributed by atoms with van der Waals surface area (Å²) in [5, 5.41) is 0. The number of hydrogen-bond donors (Lipinski definition) is 1. The van der Waals surface area contributed by atoms with Crippen LogP contribution in [0, 0.1) is 11.8 Å². The number of fused-ring (bicyclic) bond motifs is 2. The maximum absolute atomic E-state index is 5.98. The van der Waals surface area contributed by atoms with Crippen molar-refractivity contribution in [2.24, 2.45) is 17.6 Å². The van der Waals surface area contributed by atoms with Gasteiger partial charge in [-0.15, -0.1) is 0 Å². The predicted octanol–water partition coefficient (Wildman–Crippen LogP) is 1.52. The molecule has 0 aromatic heterocycles. The van der Waals surface area contributed by atoms with E-state index in [1.165, 1.54) is 32.1 Å². The molecule has 0 aliphatic heterocycles. The fourth-order valence-electron chi connectivity index (χ4n) is 2.51. The maximum Gasteiger partial charge on any atom is 0.00956 e. The van der Waals surface area contributed by atoms with Gasteiger partial charge in [0.05, 0.1) is 0 Å². The Morgan fingerprint density at radius 1 is 0.889 bits per heavy atom. The summed E-state index contributed by atoms with van der Waals surface area (Å²) in [4.78, 5) is 0. The van der Waals surface area contributed by atoms with E-state index in [-0.39, 0.29) is 0 Å². The molecule has 1 heteroatoms. The van der Waals surface area contributed by atoms with Gasteiger partial charge in [-0.2, -0.15) is 0 Å². The smallest absolute Gasteiger partial charge is 0.00956 e. The third-order valence-corrected chi connectivity index (χ3v) is 3.15. The van der Waals surface area contributed by atoms with E-state index < -0.39 is 0 Å². The fraction of sp³-hybridized carbons (Fsp3) is 1.00. The molecule has 0 aromatic rings. The van der Waals surface area contributed by atoms with Crippen molar-refractivity contribution in [2.45, 2.75) is 38.1 Å². The van der Waals surface area contributed by atoms with Crippen LogP contribution in [0.2, 0.25) is 0 Å². The van der Waals surface area contributed by atoms with E-state index in [9.17, 15) is 0 Å². The Morgan fingerprint density at radius 3 is 1.89 bits per heavy atom. The lowest BCUT2D eigenvalue weighted by molar-refractivity contribution is 0.304. The lowest BCUT2D eigenvalue weighted by Crippen LogP contribution is -2.34. The molecule has 0 saturated heterocycles. The molecule has 2 aliphatic carbocycles. The van der Waals surface area contributed by atoms with E-state index in [1.54, 1.807) is 0 Å². The number of rotatable bonds is 0. The minimum Gasteiger partial charge on any atom is -0.327 e. The molecule has 52 valence electrons. The van der Waals surface area contributed by atoms with Gasteiger partial charge in [0, 0.05) is 6.04 Å². The van der Waals surface area contributed by atoms with Crippen molar-refractivity contribution in [2.75, 3.05) is 0 Å². The highest BCUT2D eigenvalue weighted by Crippen LogP contribution is 2.40. The largest absolute Gasteiger partial charge is 0.327 e. The monoisotopic (exact) mass is 125 g/mol. The van der Waals surface area contributed by atoms with Gasteiger partial charge in [-0.3, -0.25) is 0 Å². The molecule has 0 amide bonds. The van der Waals surface area contributed by atoms with Crippen LogP contribution in [0.5, 0.6) is 0 Å². The molecular weight excluding hydrogens is 110 g/mol. The van der Waals surface area contributed by atoms with E-state index in [0.29, 0.717) is 6.04 Å². The second-order valence-electron chi connectivity index (χ2n) is 3.61. The third-order valence-electron chi connectivity index (χ3n) is 3.15. The predicted molar refractivity (Wildman–Crippen MR) is 38.0 cm³/mol. The van der Waals surface area contributed by atoms with Gasteiger partial charge in [0.1, 0.15) is 0 Å². The van der Waals surface area contributed by atoms with Crippen molar-refractivity contribution in [3.05, 3.63) is 0 Å². The van der Waals surface area contributed by atoms with Crippen LogP contribution < -0.4 is 5.73 Å².